The predicted molar refractivity (Wildman–Crippen MR) is 85.9 cm³/mol. The SMILES string of the molecule is CCCCCC1OC1CC1OC1CCCCCC=CC(=O)O. The molecule has 4 nitrogen and oxygen atoms in total. The number of epoxide rings is 2. The quantitative estimate of drug-likeness (QED) is 0.316. The van der Waals surface area contributed by atoms with Gasteiger partial charge in [-0.25, -0.2) is 4.79 Å². The monoisotopic (exact) mass is 310 g/mol. The number of carboxylic acid groups (broad SMARTS) is 1. The Kier molecular flexibility index (Phi) is 7.40. The molecule has 0 aromatic carbocycles. The lowest BCUT2D eigenvalue weighted by molar-refractivity contribution is -0.131. The fourth-order valence-corrected chi connectivity index (χ4v) is 3.07. The molecule has 0 aromatic rings. The number of ether oxygens (including phenoxy) is 2. The first-order valence-corrected chi connectivity index (χ1v) is 8.91. The zero-order valence-electron chi connectivity index (χ0n) is 13.7. The highest BCUT2D eigenvalue weighted by molar-refractivity contribution is 5.79. The van der Waals surface area contributed by atoms with E-state index in [0.717, 1.165) is 32.1 Å². The van der Waals surface area contributed by atoms with Crippen LogP contribution in [0.1, 0.15) is 71.1 Å². The van der Waals surface area contributed by atoms with E-state index in [1.54, 1.807) is 6.08 Å². The lowest BCUT2D eigenvalue weighted by atomic mass is 10.0. The smallest absolute Gasteiger partial charge is 0.327 e. The van der Waals surface area contributed by atoms with E-state index in [9.17, 15) is 4.79 Å². The van der Waals surface area contributed by atoms with Gasteiger partial charge in [0, 0.05) is 12.5 Å². The Morgan fingerprint density at radius 1 is 0.955 bits per heavy atom. The van der Waals surface area contributed by atoms with Crippen molar-refractivity contribution in [1.29, 1.82) is 0 Å². The van der Waals surface area contributed by atoms with E-state index in [0.29, 0.717) is 24.4 Å². The normalized spacial score (nSPS) is 29.9. The summed E-state index contributed by atoms with van der Waals surface area (Å²) in [4.78, 5) is 10.3. The Balaban J connectivity index is 1.39. The van der Waals surface area contributed by atoms with Crippen LogP contribution in [0.5, 0.6) is 0 Å². The Morgan fingerprint density at radius 3 is 2.18 bits per heavy atom. The molecular formula is C18H30O4. The van der Waals surface area contributed by atoms with Crippen LogP contribution in [-0.4, -0.2) is 35.5 Å². The first-order chi connectivity index (χ1) is 10.7. The number of hydrogen-bond donors (Lipinski definition) is 1. The maximum absolute atomic E-state index is 10.3. The molecule has 4 unspecified atom stereocenters. The number of aliphatic carboxylic acids is 1. The number of unbranched alkanes of at least 4 members (excludes halogenated alkanes) is 5. The molecule has 4 heteroatoms. The summed E-state index contributed by atoms with van der Waals surface area (Å²) >= 11 is 0. The van der Waals surface area contributed by atoms with E-state index in [1.807, 2.05) is 0 Å². The van der Waals surface area contributed by atoms with Gasteiger partial charge in [-0.3, -0.25) is 0 Å². The van der Waals surface area contributed by atoms with Crippen LogP contribution < -0.4 is 0 Å². The second-order valence-corrected chi connectivity index (χ2v) is 6.54. The van der Waals surface area contributed by atoms with Crippen molar-refractivity contribution in [2.24, 2.45) is 0 Å². The van der Waals surface area contributed by atoms with Crippen molar-refractivity contribution in [3.8, 4) is 0 Å². The van der Waals surface area contributed by atoms with E-state index in [1.165, 1.54) is 38.2 Å². The van der Waals surface area contributed by atoms with E-state index < -0.39 is 5.97 Å². The summed E-state index contributed by atoms with van der Waals surface area (Å²) in [6.45, 7) is 2.23. The van der Waals surface area contributed by atoms with Crippen LogP contribution in [-0.2, 0) is 14.3 Å². The average Bonchev–Trinajstić information content (AvgIpc) is 3.38. The molecule has 0 saturated carbocycles. The third-order valence-electron chi connectivity index (χ3n) is 4.55. The highest BCUT2D eigenvalue weighted by Crippen LogP contribution is 2.39. The van der Waals surface area contributed by atoms with Gasteiger partial charge in [0.2, 0.25) is 0 Å². The molecular weight excluding hydrogens is 280 g/mol. The second-order valence-electron chi connectivity index (χ2n) is 6.54. The van der Waals surface area contributed by atoms with Gasteiger partial charge in [0.25, 0.3) is 0 Å². The van der Waals surface area contributed by atoms with Crippen LogP contribution in [0.4, 0.5) is 0 Å². The van der Waals surface area contributed by atoms with Crippen molar-refractivity contribution in [1.82, 2.24) is 0 Å². The molecule has 0 spiro atoms. The van der Waals surface area contributed by atoms with Crippen LogP contribution in [0.25, 0.3) is 0 Å². The third-order valence-corrected chi connectivity index (χ3v) is 4.55. The fourth-order valence-electron chi connectivity index (χ4n) is 3.07. The summed E-state index contributed by atoms with van der Waals surface area (Å²) in [6, 6.07) is 0. The lowest BCUT2D eigenvalue weighted by Gasteiger charge is -1.97. The first kappa shape index (κ1) is 17.5. The van der Waals surface area contributed by atoms with Gasteiger partial charge < -0.3 is 14.6 Å². The predicted octanol–water partition coefficient (Wildman–Crippen LogP) is 4.08. The molecule has 2 aliphatic rings. The van der Waals surface area contributed by atoms with E-state index in [2.05, 4.69) is 6.92 Å². The zero-order valence-corrected chi connectivity index (χ0v) is 13.7. The molecule has 0 aromatic heterocycles. The second kappa shape index (κ2) is 9.31. The van der Waals surface area contributed by atoms with Crippen LogP contribution in [0.3, 0.4) is 0 Å². The summed E-state index contributed by atoms with van der Waals surface area (Å²) in [5.74, 6) is -0.857. The largest absolute Gasteiger partial charge is 0.478 e. The van der Waals surface area contributed by atoms with Gasteiger partial charge >= 0.3 is 5.97 Å². The Labute approximate surface area is 133 Å². The zero-order chi connectivity index (χ0) is 15.8. The van der Waals surface area contributed by atoms with E-state index in [-0.39, 0.29) is 0 Å². The Hall–Kier alpha value is -0.870. The number of rotatable bonds is 13. The molecule has 2 rings (SSSR count). The van der Waals surface area contributed by atoms with E-state index >= 15 is 0 Å². The number of carbonyl (C=O) groups is 1. The van der Waals surface area contributed by atoms with Gasteiger partial charge in [-0.15, -0.1) is 0 Å². The number of hydrogen-bond acceptors (Lipinski definition) is 3. The minimum Gasteiger partial charge on any atom is -0.478 e. The molecule has 0 aliphatic carbocycles. The summed E-state index contributed by atoms with van der Waals surface area (Å²) in [7, 11) is 0. The highest BCUT2D eigenvalue weighted by Gasteiger charge is 2.47. The maximum Gasteiger partial charge on any atom is 0.327 e. The molecule has 22 heavy (non-hydrogen) atoms. The van der Waals surface area contributed by atoms with Crippen molar-refractivity contribution in [3.63, 3.8) is 0 Å². The molecule has 0 radical (unpaired) electrons. The van der Waals surface area contributed by atoms with Gasteiger partial charge in [0.15, 0.2) is 0 Å². The van der Waals surface area contributed by atoms with Crippen molar-refractivity contribution < 1.29 is 19.4 Å². The molecule has 0 bridgehead atoms. The minimum absolute atomic E-state index is 0.438. The molecule has 126 valence electrons. The third kappa shape index (κ3) is 6.93. The molecule has 2 saturated heterocycles. The molecule has 2 aliphatic heterocycles. The summed E-state index contributed by atoms with van der Waals surface area (Å²) in [5.41, 5.74) is 0. The molecule has 2 heterocycles. The minimum atomic E-state index is -0.857. The maximum atomic E-state index is 10.3. The summed E-state index contributed by atoms with van der Waals surface area (Å²) < 4.78 is 11.4. The summed E-state index contributed by atoms with van der Waals surface area (Å²) in [6.07, 6.45) is 16.4. The van der Waals surface area contributed by atoms with Crippen LogP contribution >= 0.6 is 0 Å². The van der Waals surface area contributed by atoms with Crippen molar-refractivity contribution in [2.45, 2.75) is 95.5 Å². The van der Waals surface area contributed by atoms with Crippen molar-refractivity contribution in [3.05, 3.63) is 12.2 Å². The van der Waals surface area contributed by atoms with Crippen molar-refractivity contribution in [2.75, 3.05) is 0 Å². The topological polar surface area (TPSA) is 62.4 Å². The number of allylic oxidation sites excluding steroid dienone is 1. The molecule has 4 atom stereocenters. The lowest BCUT2D eigenvalue weighted by Crippen LogP contribution is -2.02. The Morgan fingerprint density at radius 2 is 1.59 bits per heavy atom. The standard InChI is InChI=1S/C18H30O4/c1-2-3-7-10-14-16(21-14)13-17-15(22-17)11-8-5-4-6-9-12-18(19)20/h9,12,14-17H,2-8,10-11,13H2,1H3,(H,19,20). The Bertz CT molecular complexity index is 366. The van der Waals surface area contributed by atoms with Gasteiger partial charge in [-0.05, 0) is 25.7 Å². The first-order valence-electron chi connectivity index (χ1n) is 8.91. The van der Waals surface area contributed by atoms with E-state index in [4.69, 9.17) is 14.6 Å². The van der Waals surface area contributed by atoms with Crippen LogP contribution in [0.2, 0.25) is 0 Å². The van der Waals surface area contributed by atoms with Gasteiger partial charge in [-0.2, -0.15) is 0 Å². The average molecular weight is 310 g/mol. The van der Waals surface area contributed by atoms with Crippen LogP contribution in [0, 0.1) is 0 Å². The van der Waals surface area contributed by atoms with Gasteiger partial charge in [0.1, 0.15) is 0 Å². The molecule has 2 fully saturated rings. The fraction of sp³-hybridized carbons (Fsp3) is 0.833. The summed E-state index contributed by atoms with van der Waals surface area (Å²) in [5, 5.41) is 8.47. The highest BCUT2D eigenvalue weighted by atomic mass is 16.6. The van der Waals surface area contributed by atoms with Gasteiger partial charge in [-0.1, -0.05) is 45.1 Å². The van der Waals surface area contributed by atoms with Gasteiger partial charge in [0.05, 0.1) is 24.4 Å². The van der Waals surface area contributed by atoms with Crippen LogP contribution in [0.15, 0.2) is 12.2 Å². The van der Waals surface area contributed by atoms with Crippen molar-refractivity contribution >= 4 is 5.97 Å². The molecule has 0 amide bonds. The molecule has 1 N–H and O–H groups in total. The number of carboxylic acids is 1.